The quantitative estimate of drug-likeness (QED) is 0.258. The second kappa shape index (κ2) is 12.4. The number of fused-ring (bicyclic) bond motifs is 1. The van der Waals surface area contributed by atoms with Crippen molar-refractivity contribution in [3.05, 3.63) is 57.2 Å². The van der Waals surface area contributed by atoms with Crippen LogP contribution in [0.15, 0.2) is 35.1 Å². The summed E-state index contributed by atoms with van der Waals surface area (Å²) in [5.74, 6) is -1.57. The Hall–Kier alpha value is -3.52. The topological polar surface area (TPSA) is 97.2 Å². The maximum absolute atomic E-state index is 12.6. The van der Waals surface area contributed by atoms with Crippen molar-refractivity contribution in [2.75, 3.05) is 23.7 Å². The van der Waals surface area contributed by atoms with Crippen LogP contribution in [-0.4, -0.2) is 29.0 Å². The summed E-state index contributed by atoms with van der Waals surface area (Å²) in [5.41, 5.74) is 6.65. The second-order valence-corrected chi connectivity index (χ2v) is 7.87. The molecule has 1 saturated heterocycles. The number of hydrogen-bond donors (Lipinski definition) is 1. The van der Waals surface area contributed by atoms with Crippen molar-refractivity contribution in [3.8, 4) is 11.8 Å². The lowest BCUT2D eigenvalue weighted by molar-refractivity contribution is -0.274. The highest BCUT2D eigenvalue weighted by molar-refractivity contribution is 6.29. The van der Waals surface area contributed by atoms with Gasteiger partial charge < -0.3 is 19.9 Å². The second-order valence-electron chi connectivity index (χ2n) is 7.48. The summed E-state index contributed by atoms with van der Waals surface area (Å²) < 4.78 is 52.3. The number of pyridine rings is 2. The minimum absolute atomic E-state index is 0.154. The van der Waals surface area contributed by atoms with E-state index in [0.717, 1.165) is 38.1 Å². The predicted octanol–water partition coefficient (Wildman–Crippen LogP) is 5.78. The molecule has 1 aromatic carbocycles. The Kier molecular flexibility index (Phi) is 9.93. The van der Waals surface area contributed by atoms with Gasteiger partial charge in [-0.3, -0.25) is 4.79 Å². The van der Waals surface area contributed by atoms with E-state index in [1.807, 2.05) is 13.8 Å². The fourth-order valence-corrected chi connectivity index (χ4v) is 3.75. The summed E-state index contributed by atoms with van der Waals surface area (Å²) in [6.07, 6.45) is -1.53. The number of rotatable bonds is 2. The van der Waals surface area contributed by atoms with Crippen LogP contribution in [0.3, 0.4) is 0 Å². The molecule has 2 N–H and O–H groups in total. The lowest BCUT2D eigenvalue weighted by Gasteiger charge is -2.30. The first-order valence-corrected chi connectivity index (χ1v) is 11.5. The van der Waals surface area contributed by atoms with Crippen LogP contribution in [0.2, 0.25) is 5.15 Å². The number of aromatic nitrogens is 2. The van der Waals surface area contributed by atoms with E-state index in [1.165, 1.54) is 11.0 Å². The molecule has 1 aliphatic heterocycles. The monoisotopic (exact) mass is 527 g/mol. The molecule has 3 aromatic rings. The molecule has 194 valence electrons. The van der Waals surface area contributed by atoms with Gasteiger partial charge in [0.2, 0.25) is 0 Å². The van der Waals surface area contributed by atoms with Gasteiger partial charge in [0, 0.05) is 26.2 Å². The Morgan fingerprint density at radius 3 is 2.33 bits per heavy atom. The molecular formula is C24H26ClF4N5O2. The van der Waals surface area contributed by atoms with Gasteiger partial charge in [-0.2, -0.15) is 5.26 Å². The zero-order valence-corrected chi connectivity index (χ0v) is 20.8. The maximum atomic E-state index is 12.6. The number of nitrogen functional groups attached to an aromatic ring is 1. The largest absolute Gasteiger partial charge is 0.573 e. The molecule has 0 bridgehead atoms. The number of aryl methyl sites for hydroxylation is 1. The summed E-state index contributed by atoms with van der Waals surface area (Å²) in [6, 6.07) is 8.00. The number of nitrogens with two attached hydrogens (primary N) is 1. The number of alkyl halides is 3. The molecule has 0 amide bonds. The van der Waals surface area contributed by atoms with Crippen LogP contribution in [0.5, 0.6) is 5.75 Å². The molecule has 0 radical (unpaired) electrons. The third-order valence-corrected chi connectivity index (χ3v) is 5.38. The number of ether oxygens (including phenoxy) is 1. The van der Waals surface area contributed by atoms with Gasteiger partial charge in [-0.05, 0) is 43.5 Å². The minimum atomic E-state index is -4.82. The van der Waals surface area contributed by atoms with Crippen molar-refractivity contribution < 1.29 is 22.3 Å². The predicted molar refractivity (Wildman–Crippen MR) is 132 cm³/mol. The Morgan fingerprint density at radius 2 is 1.78 bits per heavy atom. The van der Waals surface area contributed by atoms with Gasteiger partial charge in [0.1, 0.15) is 33.9 Å². The number of anilines is 2. The lowest BCUT2D eigenvalue weighted by atomic mass is 10.1. The first kappa shape index (κ1) is 28.7. The Bertz CT molecular complexity index is 1300. The van der Waals surface area contributed by atoms with E-state index in [2.05, 4.69) is 20.7 Å². The smallest absolute Gasteiger partial charge is 0.406 e. The molecule has 36 heavy (non-hydrogen) atoms. The van der Waals surface area contributed by atoms with E-state index in [9.17, 15) is 27.6 Å². The van der Waals surface area contributed by atoms with Crippen LogP contribution >= 0.6 is 11.6 Å². The third-order valence-electron chi connectivity index (χ3n) is 5.17. The number of nitrogens with zero attached hydrogens (tertiary/aromatic N) is 4. The molecule has 7 nitrogen and oxygen atoms in total. The van der Waals surface area contributed by atoms with Crippen LogP contribution in [0.25, 0.3) is 11.0 Å². The Morgan fingerprint density at radius 1 is 1.14 bits per heavy atom. The minimum Gasteiger partial charge on any atom is -0.406 e. The van der Waals surface area contributed by atoms with Gasteiger partial charge >= 0.3 is 6.36 Å². The highest BCUT2D eigenvalue weighted by Crippen LogP contribution is 2.30. The van der Waals surface area contributed by atoms with Crippen molar-refractivity contribution in [1.29, 1.82) is 5.26 Å². The number of piperidine rings is 1. The van der Waals surface area contributed by atoms with E-state index in [0.29, 0.717) is 27.9 Å². The molecule has 12 heteroatoms. The standard InChI is InChI=1S/C15H15ClN4O.C7H5F4NO.C2H6/c1-19-11-5-6-12(16)18-13(11)14(10(9-17)15(19)21)20-7-3-2-4-8-20;8-5-3-4(1-2-6(5)12)13-7(9,10)11;1-2/h5-6H,2-4,7-8H2,1H3;1-3H,12H2;1-2H3. The number of halogens is 5. The first-order valence-electron chi connectivity index (χ1n) is 11.2. The SMILES string of the molecule is CC.Cn1c(=O)c(C#N)c(N2CCCCC2)c2nc(Cl)ccc21.Nc1ccc(OC(F)(F)F)cc1F. The summed E-state index contributed by atoms with van der Waals surface area (Å²) in [4.78, 5) is 18.9. The third kappa shape index (κ3) is 7.01. The van der Waals surface area contributed by atoms with E-state index in [1.54, 1.807) is 19.2 Å². The first-order chi connectivity index (χ1) is 17.0. The summed E-state index contributed by atoms with van der Waals surface area (Å²) in [5, 5.41) is 9.80. The van der Waals surface area contributed by atoms with Crippen molar-refractivity contribution in [2.45, 2.75) is 39.5 Å². The molecule has 2 aromatic heterocycles. The van der Waals surface area contributed by atoms with Crippen molar-refractivity contribution >= 4 is 34.0 Å². The molecular weight excluding hydrogens is 502 g/mol. The van der Waals surface area contributed by atoms with Crippen LogP contribution in [0, 0.1) is 17.1 Å². The summed E-state index contributed by atoms with van der Waals surface area (Å²) in [7, 11) is 1.65. The van der Waals surface area contributed by atoms with E-state index in [4.69, 9.17) is 17.3 Å². The molecule has 1 fully saturated rings. The Balaban J connectivity index is 0.000000262. The fraction of sp³-hybridized carbons (Fsp3) is 0.375. The number of benzene rings is 1. The van der Waals surface area contributed by atoms with Gasteiger partial charge in [0.15, 0.2) is 0 Å². The molecule has 1 aliphatic rings. The van der Waals surface area contributed by atoms with Crippen molar-refractivity contribution in [1.82, 2.24) is 9.55 Å². The summed E-state index contributed by atoms with van der Waals surface area (Å²) >= 11 is 6.02. The normalized spacial score (nSPS) is 13.1. The van der Waals surface area contributed by atoms with E-state index in [-0.39, 0.29) is 16.8 Å². The average Bonchev–Trinajstić information content (AvgIpc) is 2.84. The van der Waals surface area contributed by atoms with Gasteiger partial charge in [-0.25, -0.2) is 9.37 Å². The van der Waals surface area contributed by atoms with Crippen LogP contribution in [0.1, 0.15) is 38.7 Å². The zero-order chi connectivity index (χ0) is 27.0. The average molecular weight is 528 g/mol. The molecule has 0 aliphatic carbocycles. The molecule has 4 rings (SSSR count). The van der Waals surface area contributed by atoms with Crippen LogP contribution in [-0.2, 0) is 7.05 Å². The number of hydrogen-bond acceptors (Lipinski definition) is 6. The van der Waals surface area contributed by atoms with Crippen LogP contribution < -0.4 is 20.9 Å². The van der Waals surface area contributed by atoms with E-state index < -0.39 is 17.9 Å². The highest BCUT2D eigenvalue weighted by Gasteiger charge is 2.31. The Labute approximate surface area is 210 Å². The van der Waals surface area contributed by atoms with Crippen molar-refractivity contribution in [2.24, 2.45) is 7.05 Å². The molecule has 0 atom stereocenters. The van der Waals surface area contributed by atoms with Gasteiger partial charge in [0.05, 0.1) is 16.9 Å². The molecule has 0 saturated carbocycles. The van der Waals surface area contributed by atoms with Crippen LogP contribution in [0.4, 0.5) is 28.9 Å². The molecule has 0 unspecified atom stereocenters. The number of nitriles is 1. The molecule has 0 spiro atoms. The zero-order valence-electron chi connectivity index (χ0n) is 20.0. The van der Waals surface area contributed by atoms with Gasteiger partial charge in [-0.15, -0.1) is 13.2 Å². The fourth-order valence-electron chi connectivity index (χ4n) is 3.60. The van der Waals surface area contributed by atoms with Gasteiger partial charge in [-0.1, -0.05) is 25.4 Å². The highest BCUT2D eigenvalue weighted by atomic mass is 35.5. The van der Waals surface area contributed by atoms with Gasteiger partial charge in [0.25, 0.3) is 5.56 Å². The maximum Gasteiger partial charge on any atom is 0.573 e. The lowest BCUT2D eigenvalue weighted by Crippen LogP contribution is -2.33. The van der Waals surface area contributed by atoms with E-state index >= 15 is 0 Å². The van der Waals surface area contributed by atoms with Crippen molar-refractivity contribution in [3.63, 3.8) is 0 Å². The summed E-state index contributed by atoms with van der Waals surface area (Å²) in [6.45, 7) is 5.68. The molecule has 3 heterocycles.